The van der Waals surface area contributed by atoms with Crippen molar-refractivity contribution in [3.05, 3.63) is 99.5 Å². The molecule has 0 saturated carbocycles. The highest BCUT2D eigenvalue weighted by molar-refractivity contribution is 7.98. The highest BCUT2D eigenvalue weighted by atomic mass is 32.2. The van der Waals surface area contributed by atoms with Crippen LogP contribution in [0, 0.1) is 11.6 Å². The summed E-state index contributed by atoms with van der Waals surface area (Å²) in [4.78, 5) is 27.9. The summed E-state index contributed by atoms with van der Waals surface area (Å²) >= 11 is 1.35. The monoisotopic (exact) mass is 557 g/mol. The van der Waals surface area contributed by atoms with E-state index in [9.17, 15) is 23.5 Å². The van der Waals surface area contributed by atoms with Crippen molar-refractivity contribution in [3.8, 4) is 11.5 Å². The summed E-state index contributed by atoms with van der Waals surface area (Å²) in [6.45, 7) is 2.41. The number of hydrogen-bond donors (Lipinski definition) is 1. The van der Waals surface area contributed by atoms with Gasteiger partial charge in [-0.15, -0.1) is 11.8 Å². The molecule has 1 unspecified atom stereocenters. The van der Waals surface area contributed by atoms with Gasteiger partial charge in [0.1, 0.15) is 19.0 Å². The van der Waals surface area contributed by atoms with E-state index < -0.39 is 34.8 Å². The Morgan fingerprint density at radius 3 is 2.62 bits per heavy atom. The van der Waals surface area contributed by atoms with Gasteiger partial charge in [0, 0.05) is 54.8 Å². The minimum atomic E-state index is -0.974. The predicted octanol–water partition coefficient (Wildman–Crippen LogP) is 4.28. The quantitative estimate of drug-likeness (QED) is 0.413. The fourth-order valence-corrected chi connectivity index (χ4v) is 5.28. The number of halogens is 2. The van der Waals surface area contributed by atoms with Gasteiger partial charge in [-0.1, -0.05) is 24.3 Å². The van der Waals surface area contributed by atoms with Crippen LogP contribution in [-0.4, -0.2) is 54.1 Å². The Hall–Kier alpha value is -3.83. The van der Waals surface area contributed by atoms with Gasteiger partial charge in [-0.25, -0.2) is 8.78 Å². The Labute approximate surface area is 229 Å². The fourth-order valence-electron chi connectivity index (χ4n) is 4.27. The zero-order valence-electron chi connectivity index (χ0n) is 21.8. The predicted molar refractivity (Wildman–Crippen MR) is 145 cm³/mol. The molecule has 1 atom stereocenters. The van der Waals surface area contributed by atoms with Gasteiger partial charge in [0.15, 0.2) is 23.1 Å². The van der Waals surface area contributed by atoms with E-state index in [-0.39, 0.29) is 36.0 Å². The summed E-state index contributed by atoms with van der Waals surface area (Å²) < 4.78 is 40.1. The molecule has 1 amide bonds. The summed E-state index contributed by atoms with van der Waals surface area (Å²) in [7, 11) is 3.25. The van der Waals surface area contributed by atoms with E-state index >= 15 is 0 Å². The number of fused-ring (bicyclic) bond motifs is 7. The van der Waals surface area contributed by atoms with Crippen molar-refractivity contribution in [2.75, 3.05) is 32.5 Å². The van der Waals surface area contributed by atoms with Crippen LogP contribution in [0.25, 0.3) is 0 Å². The van der Waals surface area contributed by atoms with Crippen LogP contribution in [0.4, 0.5) is 8.78 Å². The number of aromatic nitrogens is 1. The zero-order chi connectivity index (χ0) is 28.1. The molecular formula is C28H29F2N3O5S. The number of carbonyl (C=O) groups is 1. The van der Waals surface area contributed by atoms with Crippen molar-refractivity contribution in [1.82, 2.24) is 9.58 Å². The topological polar surface area (TPSA) is 84.2 Å². The second-order valence-electron chi connectivity index (χ2n) is 8.97. The molecule has 2 aliphatic heterocycles. The van der Waals surface area contributed by atoms with E-state index in [1.807, 2.05) is 36.2 Å². The van der Waals surface area contributed by atoms with Crippen molar-refractivity contribution < 1.29 is 28.2 Å². The Morgan fingerprint density at radius 1 is 1.10 bits per heavy atom. The number of rotatable bonds is 0. The summed E-state index contributed by atoms with van der Waals surface area (Å²) in [6.07, 6.45) is 4.91. The maximum Gasteiger partial charge on any atom is 0.278 e. The van der Waals surface area contributed by atoms with Crippen LogP contribution in [0.2, 0.25) is 0 Å². The van der Waals surface area contributed by atoms with Crippen LogP contribution in [-0.2, 0) is 17.0 Å². The number of carbonyl (C=O) groups excluding carboxylic acids is 1. The van der Waals surface area contributed by atoms with E-state index in [1.54, 1.807) is 31.3 Å². The highest BCUT2D eigenvalue weighted by Gasteiger charge is 2.34. The summed E-state index contributed by atoms with van der Waals surface area (Å²) in [6, 6.07) is 10.8. The Bertz CT molecular complexity index is 1450. The number of hydrogen-bond acceptors (Lipinski definition) is 7. The van der Waals surface area contributed by atoms with Crippen LogP contribution in [0.5, 0.6) is 11.5 Å². The smallest absolute Gasteiger partial charge is 0.278 e. The number of benzene rings is 2. The molecule has 1 N–H and O–H groups in total. The maximum atomic E-state index is 14.5. The first kappa shape index (κ1) is 28.2. The van der Waals surface area contributed by atoms with Gasteiger partial charge in [0.05, 0.1) is 6.54 Å². The first-order valence-corrected chi connectivity index (χ1v) is 13.1. The first-order chi connectivity index (χ1) is 18.7. The molecule has 0 aliphatic carbocycles. The number of aromatic hydroxyl groups is 1. The van der Waals surface area contributed by atoms with E-state index in [4.69, 9.17) is 4.74 Å². The maximum absolute atomic E-state index is 14.5. The van der Waals surface area contributed by atoms with Gasteiger partial charge in [0.25, 0.3) is 5.91 Å². The molecule has 11 heteroatoms. The van der Waals surface area contributed by atoms with Gasteiger partial charge >= 0.3 is 0 Å². The minimum Gasteiger partial charge on any atom is -0.502 e. The molecule has 3 aromatic rings. The largest absolute Gasteiger partial charge is 0.502 e. The average Bonchev–Trinajstić information content (AvgIpc) is 2.91. The van der Waals surface area contributed by atoms with E-state index in [1.165, 1.54) is 34.8 Å². The number of thioether (sulfide) groups is 1. The number of methoxy groups -OCH3 is 1. The summed E-state index contributed by atoms with van der Waals surface area (Å²) in [5.74, 6) is -2.58. The Balaban J connectivity index is 0.00000112. The van der Waals surface area contributed by atoms with E-state index in [2.05, 4.69) is 4.74 Å². The second-order valence-corrected chi connectivity index (χ2v) is 9.98. The lowest BCUT2D eigenvalue weighted by Crippen LogP contribution is -2.55. The molecule has 0 saturated heterocycles. The van der Waals surface area contributed by atoms with Crippen LogP contribution in [0.3, 0.4) is 0 Å². The molecule has 2 aromatic carbocycles. The highest BCUT2D eigenvalue weighted by Crippen LogP contribution is 2.32. The van der Waals surface area contributed by atoms with Crippen LogP contribution >= 0.6 is 11.8 Å². The van der Waals surface area contributed by atoms with Gasteiger partial charge in [-0.2, -0.15) is 0 Å². The lowest BCUT2D eigenvalue weighted by atomic mass is 10.1. The molecule has 0 spiro atoms. The van der Waals surface area contributed by atoms with Crippen molar-refractivity contribution in [3.63, 3.8) is 0 Å². The number of ether oxygens (including phenoxy) is 2. The molecule has 0 radical (unpaired) electrons. The standard InChI is InChI=1S/C26H23F2N3O4S.C2H6O/c1-16-5-4-10-35-19-11-18(23(28)20(27)12-19)14-36-22-7-3-2-6-17(22)13-29-15-30(16)26(34)24-25(33)21(32)8-9-31(24)29;1-3-2/h2-9,11-12,16,33H,10,13-15H2,1H3;1-2H3/b5-4+;. The molecule has 0 fully saturated rings. The summed E-state index contributed by atoms with van der Waals surface area (Å²) in [5.41, 5.74) is 0.326. The normalized spacial score (nSPS) is 17.8. The van der Waals surface area contributed by atoms with Crippen LogP contribution < -0.4 is 15.2 Å². The third-order valence-corrected chi connectivity index (χ3v) is 7.34. The molecule has 39 heavy (non-hydrogen) atoms. The molecule has 1 aromatic heterocycles. The lowest BCUT2D eigenvalue weighted by Gasteiger charge is -2.41. The third kappa shape index (κ3) is 6.10. The van der Waals surface area contributed by atoms with Crippen molar-refractivity contribution in [1.29, 1.82) is 0 Å². The molecule has 8 nitrogen and oxygen atoms in total. The van der Waals surface area contributed by atoms with Crippen molar-refractivity contribution in [2.45, 2.75) is 30.2 Å². The lowest BCUT2D eigenvalue weighted by molar-refractivity contribution is 0.0648. The molecule has 4 bridgehead atoms. The molecule has 5 rings (SSSR count). The van der Waals surface area contributed by atoms with Crippen molar-refractivity contribution >= 4 is 17.7 Å². The Morgan fingerprint density at radius 2 is 1.85 bits per heavy atom. The number of nitrogens with zero attached hydrogens (tertiary/aromatic N) is 3. The summed E-state index contributed by atoms with van der Waals surface area (Å²) in [5, 5.41) is 12.3. The zero-order valence-corrected chi connectivity index (χ0v) is 22.6. The van der Waals surface area contributed by atoms with Crippen molar-refractivity contribution in [2.24, 2.45) is 0 Å². The van der Waals surface area contributed by atoms with Gasteiger partial charge < -0.3 is 19.5 Å². The van der Waals surface area contributed by atoms with E-state index in [0.717, 1.165) is 16.5 Å². The van der Waals surface area contributed by atoms with E-state index in [0.29, 0.717) is 6.54 Å². The van der Waals surface area contributed by atoms with Gasteiger partial charge in [-0.3, -0.25) is 19.3 Å². The minimum absolute atomic E-state index is 0.0812. The number of amides is 1. The molecule has 2 aliphatic rings. The molecule has 206 valence electrons. The fraction of sp³-hybridized carbons (Fsp3) is 0.286. The van der Waals surface area contributed by atoms with Gasteiger partial charge in [-0.05, 0) is 30.7 Å². The van der Waals surface area contributed by atoms with Gasteiger partial charge in [0.2, 0.25) is 5.43 Å². The average molecular weight is 558 g/mol. The third-order valence-electron chi connectivity index (χ3n) is 6.18. The first-order valence-electron chi connectivity index (χ1n) is 12.1. The SMILES string of the molecule is CC1/C=C/COc2cc(F)c(F)c(c2)CSc2ccccc2CN2CN1C(=O)c1c(O)c(=O)ccn12.COC. The second kappa shape index (κ2) is 12.4. The number of pyridine rings is 1. The van der Waals surface area contributed by atoms with Crippen LogP contribution in [0.15, 0.2) is 70.5 Å². The molecular weight excluding hydrogens is 528 g/mol. The Kier molecular flexibility index (Phi) is 8.93. The molecule has 3 heterocycles. The van der Waals surface area contributed by atoms with Crippen LogP contribution in [0.1, 0.15) is 28.5 Å².